The number of amides is 3. The summed E-state index contributed by atoms with van der Waals surface area (Å²) in [6, 6.07) is 6.49. The summed E-state index contributed by atoms with van der Waals surface area (Å²) in [5, 5.41) is 3.36. The Morgan fingerprint density at radius 3 is 2.50 bits per heavy atom. The zero-order valence-corrected chi connectivity index (χ0v) is 14.3. The molecule has 1 fully saturated rings. The number of nitrogens with one attached hydrogen (secondary N) is 1. The van der Waals surface area contributed by atoms with Gasteiger partial charge in [-0.2, -0.15) is 0 Å². The molecular weight excluding hydrogens is 328 g/mol. The van der Waals surface area contributed by atoms with Crippen molar-refractivity contribution in [2.45, 2.75) is 32.7 Å². The van der Waals surface area contributed by atoms with E-state index >= 15 is 0 Å². The van der Waals surface area contributed by atoms with E-state index in [-0.39, 0.29) is 17.7 Å². The molecular formula is C18H19ClN2O3. The van der Waals surface area contributed by atoms with Crippen LogP contribution in [0.3, 0.4) is 0 Å². The number of anilines is 1. The Morgan fingerprint density at radius 1 is 1.21 bits per heavy atom. The topological polar surface area (TPSA) is 66.5 Å². The van der Waals surface area contributed by atoms with Crippen molar-refractivity contribution in [1.29, 1.82) is 0 Å². The normalized spacial score (nSPS) is 24.5. The smallest absolute Gasteiger partial charge is 0.247 e. The van der Waals surface area contributed by atoms with Gasteiger partial charge in [0.2, 0.25) is 17.7 Å². The van der Waals surface area contributed by atoms with Gasteiger partial charge < -0.3 is 5.32 Å². The summed E-state index contributed by atoms with van der Waals surface area (Å²) in [6.07, 6.45) is 2.62. The minimum atomic E-state index is -0.851. The number of benzene rings is 1. The van der Waals surface area contributed by atoms with E-state index in [9.17, 15) is 14.4 Å². The number of rotatable bonds is 3. The van der Waals surface area contributed by atoms with Gasteiger partial charge in [0.1, 0.15) is 6.04 Å². The number of allylic oxidation sites excluding steroid dienone is 2. The summed E-state index contributed by atoms with van der Waals surface area (Å²) in [6.45, 7) is 3.53. The molecule has 3 atom stereocenters. The molecule has 0 aromatic heterocycles. The third-order valence-electron chi connectivity index (χ3n) is 4.69. The van der Waals surface area contributed by atoms with Crippen LogP contribution in [-0.2, 0) is 14.4 Å². The predicted octanol–water partition coefficient (Wildman–Crippen LogP) is 2.84. The Hall–Kier alpha value is -2.14. The fourth-order valence-electron chi connectivity index (χ4n) is 3.24. The Balaban J connectivity index is 1.74. The van der Waals surface area contributed by atoms with Crippen LogP contribution in [0.2, 0.25) is 0 Å². The Labute approximate surface area is 145 Å². The molecule has 1 saturated heterocycles. The highest BCUT2D eigenvalue weighted by atomic mass is 35.5. The summed E-state index contributed by atoms with van der Waals surface area (Å²) in [7, 11) is 0. The molecule has 0 radical (unpaired) electrons. The third-order valence-corrected chi connectivity index (χ3v) is 5.00. The number of hydrogen-bond acceptors (Lipinski definition) is 3. The van der Waals surface area contributed by atoms with Crippen molar-refractivity contribution < 1.29 is 14.4 Å². The van der Waals surface area contributed by atoms with Gasteiger partial charge in [0.25, 0.3) is 0 Å². The average Bonchev–Trinajstić information content (AvgIpc) is 2.79. The molecule has 1 N–H and O–H groups in total. The molecule has 1 aliphatic heterocycles. The van der Waals surface area contributed by atoms with E-state index in [1.54, 1.807) is 25.1 Å². The first-order chi connectivity index (χ1) is 11.4. The lowest BCUT2D eigenvalue weighted by atomic mass is 9.85. The number of carbonyl (C=O) groups is 3. The van der Waals surface area contributed by atoms with Crippen LogP contribution < -0.4 is 5.32 Å². The molecule has 0 saturated carbocycles. The molecule has 3 amide bonds. The van der Waals surface area contributed by atoms with E-state index < -0.39 is 17.9 Å². The largest absolute Gasteiger partial charge is 0.324 e. The fraction of sp³-hybridized carbons (Fsp3) is 0.389. The molecule has 1 heterocycles. The van der Waals surface area contributed by atoms with E-state index in [4.69, 9.17) is 11.6 Å². The third kappa shape index (κ3) is 2.96. The molecule has 0 bridgehead atoms. The van der Waals surface area contributed by atoms with Crippen molar-refractivity contribution in [2.24, 2.45) is 11.8 Å². The van der Waals surface area contributed by atoms with Crippen LogP contribution in [0.1, 0.15) is 25.3 Å². The van der Waals surface area contributed by atoms with Crippen LogP contribution in [0, 0.1) is 18.8 Å². The number of aryl methyl sites for hydroxylation is 1. The molecule has 0 unspecified atom stereocenters. The quantitative estimate of drug-likeness (QED) is 0.856. The van der Waals surface area contributed by atoms with Crippen LogP contribution in [0.5, 0.6) is 0 Å². The van der Waals surface area contributed by atoms with Gasteiger partial charge in [0, 0.05) is 10.7 Å². The van der Waals surface area contributed by atoms with Gasteiger partial charge in [0.05, 0.1) is 11.8 Å². The summed E-state index contributed by atoms with van der Waals surface area (Å²) in [5.41, 5.74) is 1.72. The van der Waals surface area contributed by atoms with Crippen molar-refractivity contribution in [3.8, 4) is 0 Å². The number of halogens is 1. The van der Waals surface area contributed by atoms with Gasteiger partial charge in [-0.25, -0.2) is 0 Å². The van der Waals surface area contributed by atoms with Crippen molar-refractivity contribution in [1.82, 2.24) is 4.90 Å². The summed E-state index contributed by atoms with van der Waals surface area (Å²) in [5.74, 6) is -1.79. The number of carbonyl (C=O) groups excluding carboxylic acids is 3. The minimum Gasteiger partial charge on any atom is -0.324 e. The Kier molecular flexibility index (Phi) is 4.45. The highest BCUT2D eigenvalue weighted by Crippen LogP contribution is 2.39. The average molecular weight is 347 g/mol. The van der Waals surface area contributed by atoms with Crippen molar-refractivity contribution >= 4 is 35.0 Å². The van der Waals surface area contributed by atoms with Crippen molar-refractivity contribution in [2.75, 3.05) is 5.32 Å². The van der Waals surface area contributed by atoms with E-state index in [2.05, 4.69) is 5.32 Å². The minimum absolute atomic E-state index is 0.281. The lowest BCUT2D eigenvalue weighted by molar-refractivity contribution is -0.146. The first kappa shape index (κ1) is 16.7. The maximum absolute atomic E-state index is 12.6. The van der Waals surface area contributed by atoms with Crippen LogP contribution in [0.15, 0.2) is 35.4 Å². The number of hydrogen-bond donors (Lipinski definition) is 1. The summed E-state index contributed by atoms with van der Waals surface area (Å²) < 4.78 is 0. The first-order valence-electron chi connectivity index (χ1n) is 7.97. The molecule has 2 aliphatic rings. The van der Waals surface area contributed by atoms with Crippen LogP contribution in [0.25, 0.3) is 0 Å². The number of fused-ring (bicyclic) bond motifs is 1. The summed E-state index contributed by atoms with van der Waals surface area (Å²) >= 11 is 6.01. The maximum atomic E-state index is 12.6. The van der Waals surface area contributed by atoms with Gasteiger partial charge in [0.15, 0.2) is 0 Å². The molecule has 1 aromatic rings. The van der Waals surface area contributed by atoms with Crippen molar-refractivity contribution in [3.05, 3.63) is 40.9 Å². The van der Waals surface area contributed by atoms with Gasteiger partial charge in [-0.3, -0.25) is 19.3 Å². The first-order valence-corrected chi connectivity index (χ1v) is 8.35. The van der Waals surface area contributed by atoms with Gasteiger partial charge in [-0.1, -0.05) is 35.4 Å². The van der Waals surface area contributed by atoms with Crippen LogP contribution in [-0.4, -0.2) is 28.7 Å². The molecule has 24 heavy (non-hydrogen) atoms. The van der Waals surface area contributed by atoms with Gasteiger partial charge in [-0.05, 0) is 38.8 Å². The second-order valence-electron chi connectivity index (χ2n) is 6.38. The molecule has 6 heteroatoms. The van der Waals surface area contributed by atoms with E-state index in [1.165, 1.54) is 0 Å². The van der Waals surface area contributed by atoms with E-state index in [0.29, 0.717) is 23.6 Å². The highest BCUT2D eigenvalue weighted by Gasteiger charge is 2.51. The molecule has 1 aliphatic carbocycles. The van der Waals surface area contributed by atoms with Crippen LogP contribution >= 0.6 is 11.6 Å². The Morgan fingerprint density at radius 2 is 1.83 bits per heavy atom. The lowest BCUT2D eigenvalue weighted by Gasteiger charge is -2.22. The SMILES string of the molecule is Cc1ccc(NC(=O)[C@H](C)N2C(=O)[C@H]3CC=C(Cl)C[C@@H]3C2=O)cc1. The van der Waals surface area contributed by atoms with E-state index in [0.717, 1.165) is 10.5 Å². The molecule has 0 spiro atoms. The monoisotopic (exact) mass is 346 g/mol. The zero-order valence-electron chi connectivity index (χ0n) is 13.6. The maximum Gasteiger partial charge on any atom is 0.247 e. The van der Waals surface area contributed by atoms with Gasteiger partial charge in [-0.15, -0.1) is 0 Å². The molecule has 126 valence electrons. The van der Waals surface area contributed by atoms with E-state index in [1.807, 2.05) is 19.1 Å². The number of imide groups is 1. The lowest BCUT2D eigenvalue weighted by Crippen LogP contribution is -2.46. The zero-order chi connectivity index (χ0) is 17.4. The fourth-order valence-corrected chi connectivity index (χ4v) is 3.49. The predicted molar refractivity (Wildman–Crippen MR) is 91.3 cm³/mol. The van der Waals surface area contributed by atoms with Gasteiger partial charge >= 0.3 is 0 Å². The Bertz CT molecular complexity index is 726. The summed E-state index contributed by atoms with van der Waals surface area (Å²) in [4.78, 5) is 38.7. The molecule has 3 rings (SSSR count). The number of nitrogens with zero attached hydrogens (tertiary/aromatic N) is 1. The second kappa shape index (κ2) is 6.40. The number of likely N-dealkylation sites (tertiary alicyclic amines) is 1. The molecule has 1 aromatic carbocycles. The highest BCUT2D eigenvalue weighted by molar-refractivity contribution is 6.30. The molecule has 5 nitrogen and oxygen atoms in total. The standard InChI is InChI=1S/C18H19ClN2O3/c1-10-3-6-13(7-4-10)20-16(22)11(2)21-17(23)14-8-5-12(19)9-15(14)18(21)24/h3-7,11,14-15H,8-9H2,1-2H3,(H,20,22)/t11-,14-,15-/m0/s1. The van der Waals surface area contributed by atoms with Crippen LogP contribution in [0.4, 0.5) is 5.69 Å². The van der Waals surface area contributed by atoms with Crippen molar-refractivity contribution in [3.63, 3.8) is 0 Å². The second-order valence-corrected chi connectivity index (χ2v) is 6.87.